The number of hydrogen-bond acceptors (Lipinski definition) is 6. The topological polar surface area (TPSA) is 94.8 Å². The van der Waals surface area contributed by atoms with Crippen molar-refractivity contribution in [1.82, 2.24) is 5.32 Å². The first kappa shape index (κ1) is 18.8. The Bertz CT molecular complexity index is 845. The largest absolute Gasteiger partial charge is 0.482 e. The molecule has 0 aliphatic carbocycles. The van der Waals surface area contributed by atoms with Crippen molar-refractivity contribution in [3.05, 3.63) is 39.2 Å². The van der Waals surface area contributed by atoms with E-state index in [-0.39, 0.29) is 30.7 Å². The highest BCUT2D eigenvalue weighted by Gasteiger charge is 2.11. The second kappa shape index (κ2) is 8.53. The summed E-state index contributed by atoms with van der Waals surface area (Å²) < 4.78 is 15.0. The van der Waals surface area contributed by atoms with Crippen LogP contribution in [-0.4, -0.2) is 32.1 Å². The number of aryl methyl sites for hydroxylation is 1. The fraction of sp³-hybridized carbons (Fsp3) is 0.353. The molecule has 0 aliphatic rings. The molecule has 134 valence electrons. The van der Waals surface area contributed by atoms with Crippen LogP contribution in [0.5, 0.6) is 5.75 Å². The Morgan fingerprint density at radius 2 is 2.04 bits per heavy atom. The number of carbonyl (C=O) groups excluding carboxylic acids is 2. The number of rotatable bonds is 7. The molecule has 0 radical (unpaired) electrons. The maximum Gasteiger partial charge on any atom is 0.336 e. The number of hydrogen-bond donors (Lipinski definition) is 1. The van der Waals surface area contributed by atoms with Crippen LogP contribution in [0.25, 0.3) is 11.0 Å². The number of nitrogens with one attached hydrogen (secondary N) is 1. The van der Waals surface area contributed by atoms with Crippen molar-refractivity contribution in [2.45, 2.75) is 19.8 Å². The molecule has 25 heavy (non-hydrogen) atoms. The summed E-state index contributed by atoms with van der Waals surface area (Å²) >= 11 is 6.15. The maximum atomic E-state index is 11.7. The lowest BCUT2D eigenvalue weighted by atomic mass is 10.1. The predicted octanol–water partition coefficient (Wildman–Crippen LogP) is 2.20. The number of halogens is 1. The van der Waals surface area contributed by atoms with Gasteiger partial charge in [0.25, 0.3) is 5.91 Å². The van der Waals surface area contributed by atoms with Crippen LogP contribution in [0.1, 0.15) is 18.4 Å². The van der Waals surface area contributed by atoms with Crippen LogP contribution in [0.4, 0.5) is 0 Å². The molecule has 0 saturated heterocycles. The van der Waals surface area contributed by atoms with Crippen LogP contribution in [0, 0.1) is 6.92 Å². The van der Waals surface area contributed by atoms with Gasteiger partial charge in [-0.2, -0.15) is 0 Å². The van der Waals surface area contributed by atoms with Crippen molar-refractivity contribution in [2.75, 3.05) is 20.3 Å². The van der Waals surface area contributed by atoms with E-state index in [1.807, 2.05) is 0 Å². The van der Waals surface area contributed by atoms with Gasteiger partial charge in [-0.3, -0.25) is 9.59 Å². The van der Waals surface area contributed by atoms with Crippen molar-refractivity contribution in [2.24, 2.45) is 0 Å². The van der Waals surface area contributed by atoms with Gasteiger partial charge in [-0.05, 0) is 25.0 Å². The van der Waals surface area contributed by atoms with Crippen molar-refractivity contribution < 1.29 is 23.5 Å². The second-order valence-electron chi connectivity index (χ2n) is 5.35. The lowest BCUT2D eigenvalue weighted by Crippen LogP contribution is -2.30. The Morgan fingerprint density at radius 1 is 1.28 bits per heavy atom. The van der Waals surface area contributed by atoms with Gasteiger partial charge in [-0.1, -0.05) is 11.6 Å². The van der Waals surface area contributed by atoms with Crippen LogP contribution >= 0.6 is 11.6 Å². The smallest absolute Gasteiger partial charge is 0.336 e. The number of ether oxygens (including phenoxy) is 2. The van der Waals surface area contributed by atoms with Gasteiger partial charge in [0, 0.05) is 30.5 Å². The molecule has 1 heterocycles. The van der Waals surface area contributed by atoms with Crippen LogP contribution in [-0.2, 0) is 14.3 Å². The van der Waals surface area contributed by atoms with E-state index in [4.69, 9.17) is 20.8 Å². The monoisotopic (exact) mass is 367 g/mol. The molecule has 1 N–H and O–H groups in total. The third kappa shape index (κ3) is 5.22. The molecule has 2 aromatic rings. The quantitative estimate of drug-likeness (QED) is 0.458. The zero-order chi connectivity index (χ0) is 18.4. The van der Waals surface area contributed by atoms with E-state index in [0.717, 1.165) is 5.56 Å². The summed E-state index contributed by atoms with van der Waals surface area (Å²) in [4.78, 5) is 34.1. The number of methoxy groups -OCH3 is 1. The molecule has 0 bridgehead atoms. The Labute approximate surface area is 148 Å². The molecule has 0 aliphatic heterocycles. The van der Waals surface area contributed by atoms with Crippen molar-refractivity contribution in [1.29, 1.82) is 0 Å². The number of carbonyl (C=O) groups is 2. The summed E-state index contributed by atoms with van der Waals surface area (Å²) in [6.07, 6.45) is 0.700. The van der Waals surface area contributed by atoms with E-state index in [1.54, 1.807) is 13.0 Å². The van der Waals surface area contributed by atoms with Gasteiger partial charge < -0.3 is 19.2 Å². The second-order valence-corrected chi connectivity index (χ2v) is 5.75. The molecule has 1 aromatic heterocycles. The highest BCUT2D eigenvalue weighted by Crippen LogP contribution is 2.30. The third-order valence-electron chi connectivity index (χ3n) is 3.47. The van der Waals surface area contributed by atoms with Gasteiger partial charge in [-0.15, -0.1) is 0 Å². The van der Waals surface area contributed by atoms with Crippen LogP contribution < -0.4 is 15.7 Å². The summed E-state index contributed by atoms with van der Waals surface area (Å²) in [6.45, 7) is 1.86. The molecule has 0 unspecified atom stereocenters. The summed E-state index contributed by atoms with van der Waals surface area (Å²) in [5.41, 5.74) is 0.604. The molecule has 1 aromatic carbocycles. The van der Waals surface area contributed by atoms with Gasteiger partial charge >= 0.3 is 11.6 Å². The van der Waals surface area contributed by atoms with E-state index in [2.05, 4.69) is 10.1 Å². The Kier molecular flexibility index (Phi) is 6.41. The molecule has 8 heteroatoms. The standard InChI is InChI=1S/C17H18ClNO6/c1-10-6-17(22)25-13-8-14(12(18)7-11(10)13)24-9-15(20)19-5-3-4-16(21)23-2/h6-8H,3-5,9H2,1-2H3,(H,19,20). The van der Waals surface area contributed by atoms with Gasteiger partial charge in [0.15, 0.2) is 6.61 Å². The van der Waals surface area contributed by atoms with Crippen LogP contribution in [0.2, 0.25) is 5.02 Å². The normalized spacial score (nSPS) is 10.5. The van der Waals surface area contributed by atoms with Crippen LogP contribution in [0.15, 0.2) is 27.4 Å². The minimum Gasteiger partial charge on any atom is -0.482 e. The van der Waals surface area contributed by atoms with Gasteiger partial charge in [0.05, 0.1) is 12.1 Å². The van der Waals surface area contributed by atoms with Gasteiger partial charge in [0.2, 0.25) is 0 Å². The van der Waals surface area contributed by atoms with Gasteiger partial charge in [0.1, 0.15) is 11.3 Å². The molecular weight excluding hydrogens is 350 g/mol. The molecule has 0 spiro atoms. The first-order chi connectivity index (χ1) is 11.9. The van der Waals surface area contributed by atoms with Gasteiger partial charge in [-0.25, -0.2) is 4.79 Å². The van der Waals surface area contributed by atoms with E-state index >= 15 is 0 Å². The van der Waals surface area contributed by atoms with Crippen molar-refractivity contribution >= 4 is 34.4 Å². The summed E-state index contributed by atoms with van der Waals surface area (Å²) in [5.74, 6) is -0.440. The predicted molar refractivity (Wildman–Crippen MR) is 92.0 cm³/mol. The van der Waals surface area contributed by atoms with E-state index in [9.17, 15) is 14.4 Å². The first-order valence-electron chi connectivity index (χ1n) is 7.61. The van der Waals surface area contributed by atoms with Crippen molar-refractivity contribution in [3.8, 4) is 5.75 Å². The van der Waals surface area contributed by atoms with Crippen molar-refractivity contribution in [3.63, 3.8) is 0 Å². The molecule has 0 saturated carbocycles. The van der Waals surface area contributed by atoms with E-state index in [1.165, 1.54) is 19.2 Å². The van der Waals surface area contributed by atoms with Crippen LogP contribution in [0.3, 0.4) is 0 Å². The number of fused-ring (bicyclic) bond motifs is 1. The minimum atomic E-state index is -0.471. The molecule has 7 nitrogen and oxygen atoms in total. The average Bonchev–Trinajstić information content (AvgIpc) is 2.57. The number of esters is 1. The average molecular weight is 368 g/mol. The zero-order valence-electron chi connectivity index (χ0n) is 13.9. The number of amides is 1. The first-order valence-corrected chi connectivity index (χ1v) is 7.99. The Hall–Kier alpha value is -2.54. The summed E-state index contributed by atoms with van der Waals surface area (Å²) in [7, 11) is 1.31. The lowest BCUT2D eigenvalue weighted by molar-refractivity contribution is -0.140. The summed E-state index contributed by atoms with van der Waals surface area (Å²) in [5, 5.41) is 3.63. The fourth-order valence-electron chi connectivity index (χ4n) is 2.19. The molecule has 1 amide bonds. The maximum absolute atomic E-state index is 11.7. The lowest BCUT2D eigenvalue weighted by Gasteiger charge is -2.10. The highest BCUT2D eigenvalue weighted by atomic mass is 35.5. The van der Waals surface area contributed by atoms with E-state index in [0.29, 0.717) is 29.0 Å². The molecule has 2 rings (SSSR count). The zero-order valence-corrected chi connectivity index (χ0v) is 14.6. The summed E-state index contributed by atoms with van der Waals surface area (Å²) in [6, 6.07) is 4.48. The Balaban J connectivity index is 1.94. The van der Waals surface area contributed by atoms with E-state index < -0.39 is 5.63 Å². The Morgan fingerprint density at radius 3 is 2.76 bits per heavy atom. The molecular formula is C17H18ClNO6. The molecule has 0 fully saturated rings. The molecule has 0 atom stereocenters. The number of benzene rings is 1. The SMILES string of the molecule is COC(=O)CCCNC(=O)COc1cc2oc(=O)cc(C)c2cc1Cl. The minimum absolute atomic E-state index is 0.229. The highest BCUT2D eigenvalue weighted by molar-refractivity contribution is 6.32. The third-order valence-corrected chi connectivity index (χ3v) is 3.77. The fourth-order valence-corrected chi connectivity index (χ4v) is 2.41.